The zero-order valence-corrected chi connectivity index (χ0v) is 13.8. The van der Waals surface area contributed by atoms with Gasteiger partial charge in [0, 0.05) is 0 Å². The van der Waals surface area contributed by atoms with E-state index >= 15 is 0 Å². The minimum atomic E-state index is -2.38. The number of hydrogen-bond acceptors (Lipinski definition) is 9. The molecule has 0 spiro atoms. The summed E-state index contributed by atoms with van der Waals surface area (Å²) in [7, 11) is 0. The number of hydrogen-bond donors (Lipinski definition) is 8. The molecule has 0 fully saturated rings. The molecule has 4 atom stereocenters. The maximum Gasteiger partial charge on any atom is 0.335 e. The van der Waals surface area contributed by atoms with E-state index in [1.165, 1.54) is 12.8 Å². The SMILES string of the molecule is CCCC[NH3+].O.O=C(O)[C@@H](O)[C@H](O)C(=O)O.O=C([O-])[C@@H](O)[C@H](O)C(=O)O. The van der Waals surface area contributed by atoms with E-state index in [0.717, 1.165) is 6.54 Å². The van der Waals surface area contributed by atoms with Crippen molar-refractivity contribution in [2.24, 2.45) is 0 Å². The van der Waals surface area contributed by atoms with Gasteiger partial charge in [0.05, 0.1) is 12.5 Å². The van der Waals surface area contributed by atoms with E-state index < -0.39 is 48.3 Å². The Morgan fingerprint density at radius 3 is 1.15 bits per heavy atom. The molecule has 0 saturated carbocycles. The highest BCUT2D eigenvalue weighted by Crippen LogP contribution is 1.92. The van der Waals surface area contributed by atoms with Crippen LogP contribution in [0.5, 0.6) is 0 Å². The van der Waals surface area contributed by atoms with E-state index in [1.807, 2.05) is 0 Å². The highest BCUT2D eigenvalue weighted by Gasteiger charge is 2.29. The molecule has 0 saturated heterocycles. The third kappa shape index (κ3) is 16.5. The largest absolute Gasteiger partial charge is 0.547 e. The fraction of sp³-hybridized carbons (Fsp3) is 0.667. The second-order valence-electron chi connectivity index (χ2n) is 4.32. The van der Waals surface area contributed by atoms with Gasteiger partial charge < -0.3 is 56.9 Å². The number of aliphatic hydroxyl groups is 4. The summed E-state index contributed by atoms with van der Waals surface area (Å²) < 4.78 is 0. The van der Waals surface area contributed by atoms with Crippen LogP contribution >= 0.6 is 0 Å². The lowest BCUT2D eigenvalue weighted by molar-refractivity contribution is -0.368. The molecular weight excluding hydrogens is 366 g/mol. The molecule has 0 aromatic rings. The molecule has 14 nitrogen and oxygen atoms in total. The normalized spacial score (nSPS) is 13.8. The van der Waals surface area contributed by atoms with Crippen molar-refractivity contribution in [3.63, 3.8) is 0 Å². The summed E-state index contributed by atoms with van der Waals surface area (Å²) in [5, 5.41) is 66.7. The molecule has 0 unspecified atom stereocenters. The van der Waals surface area contributed by atoms with Crippen LogP contribution in [0.1, 0.15) is 19.8 Å². The number of unbranched alkanes of at least 4 members (excludes halogenated alkanes) is 1. The summed E-state index contributed by atoms with van der Waals surface area (Å²) in [5.41, 5.74) is 3.68. The van der Waals surface area contributed by atoms with Crippen molar-refractivity contribution < 1.29 is 71.2 Å². The van der Waals surface area contributed by atoms with Crippen molar-refractivity contribution in [3.8, 4) is 0 Å². The van der Waals surface area contributed by atoms with Gasteiger partial charge in [0.2, 0.25) is 0 Å². The number of quaternary nitrogens is 1. The second kappa shape index (κ2) is 17.5. The number of carbonyl (C=O) groups is 4. The summed E-state index contributed by atoms with van der Waals surface area (Å²) >= 11 is 0. The summed E-state index contributed by atoms with van der Waals surface area (Å²) in [6.07, 6.45) is -6.68. The van der Waals surface area contributed by atoms with Crippen molar-refractivity contribution in [2.75, 3.05) is 6.54 Å². The monoisotopic (exact) mass is 391 g/mol. The summed E-state index contributed by atoms with van der Waals surface area (Å²) in [6, 6.07) is 0. The maximum atomic E-state index is 9.77. The standard InChI is InChI=1S/C4H11N.2C4H6O6.H2O/c1-2-3-4-5;2*5-1(3(7)8)2(6)4(9)10;/h2-5H2,1H3;2*1-2,5-6H,(H,7,8)(H,9,10);1H2/t;2*1-,2-;/m.00./s1. The first-order valence-electron chi connectivity index (χ1n) is 6.75. The summed E-state index contributed by atoms with van der Waals surface area (Å²) in [6.45, 7) is 3.27. The summed E-state index contributed by atoms with van der Waals surface area (Å²) in [4.78, 5) is 38.9. The van der Waals surface area contributed by atoms with Gasteiger partial charge in [-0.15, -0.1) is 0 Å². The van der Waals surface area contributed by atoms with Crippen molar-refractivity contribution in [3.05, 3.63) is 0 Å². The first-order chi connectivity index (χ1) is 11.3. The van der Waals surface area contributed by atoms with E-state index in [9.17, 15) is 24.3 Å². The van der Waals surface area contributed by atoms with Crippen LogP contribution in [0, 0.1) is 0 Å². The summed E-state index contributed by atoms with van der Waals surface area (Å²) in [5.74, 6) is -7.36. The molecule has 156 valence electrons. The number of carboxylic acids is 4. The van der Waals surface area contributed by atoms with Crippen molar-refractivity contribution in [2.45, 2.75) is 44.2 Å². The second-order valence-corrected chi connectivity index (χ2v) is 4.32. The molecule has 26 heavy (non-hydrogen) atoms. The third-order valence-corrected chi connectivity index (χ3v) is 2.20. The van der Waals surface area contributed by atoms with Crippen LogP contribution in [0.25, 0.3) is 0 Å². The van der Waals surface area contributed by atoms with E-state index in [0.29, 0.717) is 0 Å². The Bertz CT molecular complexity index is 353. The van der Waals surface area contributed by atoms with E-state index in [-0.39, 0.29) is 5.48 Å². The molecule has 0 bridgehead atoms. The van der Waals surface area contributed by atoms with Crippen molar-refractivity contribution in [1.82, 2.24) is 0 Å². The van der Waals surface area contributed by atoms with Gasteiger partial charge in [-0.2, -0.15) is 0 Å². The quantitative estimate of drug-likeness (QED) is 0.191. The van der Waals surface area contributed by atoms with Crippen LogP contribution in [0.2, 0.25) is 0 Å². The van der Waals surface area contributed by atoms with Crippen LogP contribution in [-0.4, -0.2) is 96.1 Å². The Morgan fingerprint density at radius 1 is 0.808 bits per heavy atom. The average molecular weight is 391 g/mol. The van der Waals surface area contributed by atoms with Gasteiger partial charge in [-0.05, 0) is 6.42 Å². The molecule has 0 rings (SSSR count). The van der Waals surface area contributed by atoms with Gasteiger partial charge in [0.1, 0.15) is 6.10 Å². The van der Waals surface area contributed by atoms with Gasteiger partial charge in [0.15, 0.2) is 18.3 Å². The smallest absolute Gasteiger partial charge is 0.335 e. The minimum Gasteiger partial charge on any atom is -0.547 e. The Labute approximate surface area is 147 Å². The maximum absolute atomic E-state index is 9.77. The first-order valence-corrected chi connectivity index (χ1v) is 6.75. The number of rotatable bonds is 8. The zero-order valence-electron chi connectivity index (χ0n) is 13.8. The highest BCUT2D eigenvalue weighted by molar-refractivity contribution is 5.83. The van der Waals surface area contributed by atoms with Crippen LogP contribution in [0.4, 0.5) is 0 Å². The van der Waals surface area contributed by atoms with Crippen molar-refractivity contribution in [1.29, 1.82) is 0 Å². The molecule has 0 aliphatic rings. The van der Waals surface area contributed by atoms with Crippen LogP contribution < -0.4 is 10.8 Å². The number of aliphatic carboxylic acids is 4. The van der Waals surface area contributed by atoms with Gasteiger partial charge in [0.25, 0.3) is 0 Å². The Hall–Kier alpha value is -2.36. The topological polar surface area (TPSA) is 292 Å². The first kappa shape index (κ1) is 31.4. The Balaban J connectivity index is -0.000000145. The predicted octanol–water partition coefficient (Wildman–Crippen LogP) is -6.38. The Morgan fingerprint density at radius 2 is 1.08 bits per heavy atom. The molecule has 12 N–H and O–H groups in total. The van der Waals surface area contributed by atoms with Crippen LogP contribution in [0.3, 0.4) is 0 Å². The molecule has 14 heteroatoms. The number of carbonyl (C=O) groups excluding carboxylic acids is 1. The lowest BCUT2D eigenvalue weighted by Gasteiger charge is -2.13. The molecule has 0 heterocycles. The zero-order chi connectivity index (χ0) is 20.7. The van der Waals surface area contributed by atoms with Gasteiger partial charge in [-0.25, -0.2) is 14.4 Å². The fourth-order valence-corrected chi connectivity index (χ4v) is 0.784. The number of aliphatic hydroxyl groups excluding tert-OH is 4. The van der Waals surface area contributed by atoms with Crippen LogP contribution in [0.15, 0.2) is 0 Å². The molecule has 0 aliphatic heterocycles. The third-order valence-electron chi connectivity index (χ3n) is 2.20. The lowest BCUT2D eigenvalue weighted by Crippen LogP contribution is -2.49. The number of carboxylic acid groups (broad SMARTS) is 4. The molecule has 0 radical (unpaired) electrons. The fourth-order valence-electron chi connectivity index (χ4n) is 0.784. The minimum absolute atomic E-state index is 0. The predicted molar refractivity (Wildman–Crippen MR) is 78.2 cm³/mol. The van der Waals surface area contributed by atoms with Gasteiger partial charge in [-0.1, -0.05) is 13.3 Å². The molecule has 0 amide bonds. The van der Waals surface area contributed by atoms with Gasteiger partial charge >= 0.3 is 17.9 Å². The molecule has 0 aliphatic carbocycles. The van der Waals surface area contributed by atoms with Crippen LogP contribution in [-0.2, 0) is 19.2 Å². The molecular formula is C12H25NO13. The van der Waals surface area contributed by atoms with E-state index in [1.54, 1.807) is 0 Å². The molecule has 0 aromatic heterocycles. The average Bonchev–Trinajstić information content (AvgIpc) is 2.53. The molecule has 0 aromatic carbocycles. The lowest BCUT2D eigenvalue weighted by atomic mass is 10.2. The van der Waals surface area contributed by atoms with E-state index in [4.69, 9.17) is 35.7 Å². The van der Waals surface area contributed by atoms with Crippen molar-refractivity contribution >= 4 is 23.9 Å². The van der Waals surface area contributed by atoms with E-state index in [2.05, 4.69) is 12.7 Å². The van der Waals surface area contributed by atoms with Gasteiger partial charge in [-0.3, -0.25) is 0 Å². The highest BCUT2D eigenvalue weighted by atomic mass is 16.4. The Kier molecular flexibility index (Phi) is 21.1.